The van der Waals surface area contributed by atoms with Crippen LogP contribution < -0.4 is 10.4 Å². The Morgan fingerprint density at radius 1 is 1.29 bits per heavy atom. The molecule has 24 heavy (non-hydrogen) atoms. The molecule has 7 nitrogen and oxygen atoms in total. The van der Waals surface area contributed by atoms with Gasteiger partial charge >= 0.3 is 11.6 Å². The predicted molar refractivity (Wildman–Crippen MR) is 87.5 cm³/mol. The average Bonchev–Trinajstić information content (AvgIpc) is 2.56. The number of methoxy groups -OCH3 is 1. The van der Waals surface area contributed by atoms with Gasteiger partial charge in [-0.25, -0.2) is 4.79 Å². The topological polar surface area (TPSA) is 97.1 Å². The summed E-state index contributed by atoms with van der Waals surface area (Å²) in [7, 11) is 1.49. The number of unbranched alkanes of at least 4 members (excludes halogenated alkanes) is 1. The highest BCUT2D eigenvalue weighted by Gasteiger charge is 2.22. The molecule has 0 atom stereocenters. The van der Waals surface area contributed by atoms with Crippen molar-refractivity contribution >= 4 is 22.8 Å². The summed E-state index contributed by atoms with van der Waals surface area (Å²) < 4.78 is 10.2. The van der Waals surface area contributed by atoms with Crippen LogP contribution in [0.5, 0.6) is 5.75 Å². The molecule has 0 fully saturated rings. The third-order valence-electron chi connectivity index (χ3n) is 3.57. The van der Waals surface area contributed by atoms with Crippen molar-refractivity contribution in [2.24, 2.45) is 0 Å². The summed E-state index contributed by atoms with van der Waals surface area (Å²) in [6.45, 7) is 1.74. The number of carbonyl (C=O) groups excluding carboxylic acids is 1. The molecule has 1 aromatic carbocycles. The third-order valence-corrected chi connectivity index (χ3v) is 3.57. The molecule has 2 aromatic rings. The number of hydrogen-bond donors (Lipinski definition) is 1. The van der Waals surface area contributed by atoms with Crippen LogP contribution in [-0.4, -0.2) is 42.1 Å². The monoisotopic (exact) mass is 333 g/mol. The number of carboxylic acid groups (broad SMARTS) is 1. The Morgan fingerprint density at radius 2 is 2.04 bits per heavy atom. The molecule has 7 heteroatoms. The molecule has 2 rings (SSSR count). The Balaban J connectivity index is 2.41. The van der Waals surface area contributed by atoms with E-state index in [9.17, 15) is 14.4 Å². The van der Waals surface area contributed by atoms with Crippen LogP contribution in [-0.2, 0) is 4.79 Å². The SMILES string of the molecule is CCCCN(CC(=O)O)C(=O)c1cc2ccc(OC)cc2oc1=O. The van der Waals surface area contributed by atoms with Gasteiger partial charge in [0.1, 0.15) is 23.4 Å². The van der Waals surface area contributed by atoms with Gasteiger partial charge in [0, 0.05) is 18.0 Å². The van der Waals surface area contributed by atoms with E-state index < -0.39 is 24.0 Å². The molecule has 1 heterocycles. The van der Waals surface area contributed by atoms with Crippen molar-refractivity contribution in [2.75, 3.05) is 20.2 Å². The zero-order chi connectivity index (χ0) is 17.7. The molecule has 0 spiro atoms. The fraction of sp³-hybridized carbons (Fsp3) is 0.353. The maximum atomic E-state index is 12.6. The van der Waals surface area contributed by atoms with E-state index in [2.05, 4.69) is 0 Å². The van der Waals surface area contributed by atoms with E-state index in [1.807, 2.05) is 6.92 Å². The quantitative estimate of drug-likeness (QED) is 0.780. The van der Waals surface area contributed by atoms with Crippen molar-refractivity contribution < 1.29 is 23.8 Å². The van der Waals surface area contributed by atoms with E-state index in [4.69, 9.17) is 14.3 Å². The van der Waals surface area contributed by atoms with E-state index >= 15 is 0 Å². The number of carbonyl (C=O) groups is 2. The molecular formula is C17H19NO6. The number of rotatable bonds is 7. The van der Waals surface area contributed by atoms with Crippen LogP contribution in [0.15, 0.2) is 33.5 Å². The van der Waals surface area contributed by atoms with Gasteiger partial charge in [-0.15, -0.1) is 0 Å². The summed E-state index contributed by atoms with van der Waals surface area (Å²) in [4.78, 5) is 36.8. The van der Waals surface area contributed by atoms with Gasteiger partial charge in [-0.2, -0.15) is 0 Å². The smallest absolute Gasteiger partial charge is 0.349 e. The standard InChI is InChI=1S/C17H19NO6/c1-3-4-7-18(10-15(19)20)16(21)13-8-11-5-6-12(23-2)9-14(11)24-17(13)22/h5-6,8-9H,3-4,7,10H2,1-2H3,(H,19,20). The summed E-state index contributed by atoms with van der Waals surface area (Å²) in [5.41, 5.74) is -0.674. The average molecular weight is 333 g/mol. The molecule has 0 aliphatic rings. The normalized spacial score (nSPS) is 10.6. The Morgan fingerprint density at radius 3 is 2.67 bits per heavy atom. The Kier molecular flexibility index (Phi) is 5.57. The summed E-state index contributed by atoms with van der Waals surface area (Å²) in [6.07, 6.45) is 1.45. The first kappa shape index (κ1) is 17.5. The van der Waals surface area contributed by atoms with Gasteiger partial charge in [-0.3, -0.25) is 9.59 Å². The third kappa shape index (κ3) is 3.92. The van der Waals surface area contributed by atoms with Crippen molar-refractivity contribution in [1.82, 2.24) is 4.90 Å². The summed E-state index contributed by atoms with van der Waals surface area (Å²) in [5.74, 6) is -1.24. The van der Waals surface area contributed by atoms with Gasteiger partial charge in [0.2, 0.25) is 0 Å². The van der Waals surface area contributed by atoms with Crippen LogP contribution in [0.2, 0.25) is 0 Å². The number of carboxylic acids is 1. The van der Waals surface area contributed by atoms with Gasteiger partial charge in [-0.05, 0) is 24.6 Å². The first-order valence-corrected chi connectivity index (χ1v) is 7.59. The molecule has 0 saturated heterocycles. The summed E-state index contributed by atoms with van der Waals surface area (Å²) in [5, 5.41) is 9.53. The number of fused-ring (bicyclic) bond motifs is 1. The highest BCUT2D eigenvalue weighted by atomic mass is 16.5. The second-order valence-electron chi connectivity index (χ2n) is 5.33. The van der Waals surface area contributed by atoms with Crippen LogP contribution in [0.4, 0.5) is 0 Å². The lowest BCUT2D eigenvalue weighted by atomic mass is 10.1. The van der Waals surface area contributed by atoms with Crippen LogP contribution in [0.3, 0.4) is 0 Å². The highest BCUT2D eigenvalue weighted by molar-refractivity contribution is 5.98. The fourth-order valence-corrected chi connectivity index (χ4v) is 2.30. The van der Waals surface area contributed by atoms with Crippen molar-refractivity contribution in [3.05, 3.63) is 40.2 Å². The van der Waals surface area contributed by atoms with E-state index in [-0.39, 0.29) is 12.1 Å². The number of ether oxygens (including phenoxy) is 1. The number of aliphatic carboxylic acids is 1. The zero-order valence-electron chi connectivity index (χ0n) is 13.6. The van der Waals surface area contributed by atoms with Crippen molar-refractivity contribution in [3.8, 4) is 5.75 Å². The van der Waals surface area contributed by atoms with Crippen molar-refractivity contribution in [1.29, 1.82) is 0 Å². The summed E-state index contributed by atoms with van der Waals surface area (Å²) in [6, 6.07) is 6.32. The maximum Gasteiger partial charge on any atom is 0.349 e. The highest BCUT2D eigenvalue weighted by Crippen LogP contribution is 2.20. The molecule has 0 saturated carbocycles. The Hall–Kier alpha value is -2.83. The van der Waals surface area contributed by atoms with E-state index in [1.54, 1.807) is 18.2 Å². The maximum absolute atomic E-state index is 12.6. The largest absolute Gasteiger partial charge is 0.497 e. The number of benzene rings is 1. The molecule has 0 aliphatic carbocycles. The van der Waals surface area contributed by atoms with E-state index in [1.165, 1.54) is 13.2 Å². The Labute approximate surface area is 138 Å². The van der Waals surface area contributed by atoms with Crippen LogP contribution in [0, 0.1) is 0 Å². The van der Waals surface area contributed by atoms with Gasteiger partial charge in [0.25, 0.3) is 5.91 Å². The minimum absolute atomic E-state index is 0.176. The van der Waals surface area contributed by atoms with E-state index in [0.29, 0.717) is 23.1 Å². The van der Waals surface area contributed by atoms with Gasteiger partial charge in [0.15, 0.2) is 0 Å². The molecule has 1 amide bonds. The molecule has 0 unspecified atom stereocenters. The van der Waals surface area contributed by atoms with Gasteiger partial charge < -0.3 is 19.2 Å². The van der Waals surface area contributed by atoms with Crippen LogP contribution in [0.1, 0.15) is 30.1 Å². The van der Waals surface area contributed by atoms with Crippen LogP contribution >= 0.6 is 0 Å². The fourth-order valence-electron chi connectivity index (χ4n) is 2.30. The number of amides is 1. The van der Waals surface area contributed by atoms with Gasteiger partial charge in [0.05, 0.1) is 7.11 Å². The first-order chi connectivity index (χ1) is 11.5. The van der Waals surface area contributed by atoms with E-state index in [0.717, 1.165) is 11.3 Å². The second-order valence-corrected chi connectivity index (χ2v) is 5.33. The second kappa shape index (κ2) is 7.63. The lowest BCUT2D eigenvalue weighted by molar-refractivity contribution is -0.137. The minimum Gasteiger partial charge on any atom is -0.497 e. The van der Waals surface area contributed by atoms with Crippen molar-refractivity contribution in [3.63, 3.8) is 0 Å². The van der Waals surface area contributed by atoms with Gasteiger partial charge in [-0.1, -0.05) is 13.3 Å². The molecule has 128 valence electrons. The zero-order valence-corrected chi connectivity index (χ0v) is 13.6. The summed E-state index contributed by atoms with van der Waals surface area (Å²) >= 11 is 0. The molecule has 0 aliphatic heterocycles. The molecular weight excluding hydrogens is 314 g/mol. The molecule has 1 aromatic heterocycles. The molecule has 0 radical (unpaired) electrons. The lowest BCUT2D eigenvalue weighted by Gasteiger charge is -2.20. The Bertz CT molecular complexity index is 810. The van der Waals surface area contributed by atoms with Crippen LogP contribution in [0.25, 0.3) is 11.0 Å². The minimum atomic E-state index is -1.13. The predicted octanol–water partition coefficient (Wildman–Crippen LogP) is 2.13. The number of hydrogen-bond acceptors (Lipinski definition) is 5. The molecule has 1 N–H and O–H groups in total. The molecule has 0 bridgehead atoms. The lowest BCUT2D eigenvalue weighted by Crippen LogP contribution is -2.38. The van der Waals surface area contributed by atoms with Crippen molar-refractivity contribution in [2.45, 2.75) is 19.8 Å². The first-order valence-electron chi connectivity index (χ1n) is 7.59. The number of nitrogens with zero attached hydrogens (tertiary/aromatic N) is 1.